The first-order chi connectivity index (χ1) is 17.5. The molecule has 2 amide bonds. The Hall–Kier alpha value is -2.10. The number of methoxy groups -OCH3 is 1. The molecule has 213 valence electrons. The van der Waals surface area contributed by atoms with E-state index in [1.54, 1.807) is 18.2 Å². The number of nitrogens with zero attached hydrogens (tertiary/aromatic N) is 2. The number of likely N-dealkylation sites (tertiary alicyclic amines) is 1. The van der Waals surface area contributed by atoms with Crippen LogP contribution in [0.3, 0.4) is 0 Å². The summed E-state index contributed by atoms with van der Waals surface area (Å²) in [4.78, 5) is 47.3. The number of carbonyl (C=O) groups excluding carboxylic acids is 3. The second-order valence-electron chi connectivity index (χ2n) is 10.0. The van der Waals surface area contributed by atoms with E-state index in [1.165, 1.54) is 25.6 Å². The van der Waals surface area contributed by atoms with Crippen molar-refractivity contribution in [1.82, 2.24) is 20.2 Å². The van der Waals surface area contributed by atoms with E-state index < -0.39 is 18.1 Å². The van der Waals surface area contributed by atoms with Gasteiger partial charge in [-0.15, -0.1) is 0 Å². The van der Waals surface area contributed by atoms with Gasteiger partial charge in [-0.25, -0.2) is 4.98 Å². The monoisotopic (exact) mass is 614 g/mol. The SMILES string of the molecule is COc1ccccc1C(N)CC(=O)N1CC(C2CCCCC2)C[C@H]1C(=O)NC(C=O)Cc1cnc[nH]1.[CH3-].[CH3-].[Y]. The molecule has 1 radical (unpaired) electrons. The number of hydrogen-bond donors (Lipinski definition) is 3. The molecule has 2 fully saturated rings. The van der Waals surface area contributed by atoms with Gasteiger partial charge >= 0.3 is 0 Å². The van der Waals surface area contributed by atoms with Gasteiger partial charge in [-0.3, -0.25) is 9.59 Å². The molecular weight excluding hydrogens is 571 g/mol. The molecule has 1 saturated carbocycles. The minimum Gasteiger partial charge on any atom is -0.496 e. The Kier molecular flexibility index (Phi) is 15.1. The number of imidazole rings is 1. The van der Waals surface area contributed by atoms with Gasteiger partial charge in [0, 0.05) is 75.6 Å². The van der Waals surface area contributed by atoms with Crippen LogP contribution in [0.2, 0.25) is 0 Å². The predicted molar refractivity (Wildman–Crippen MR) is 148 cm³/mol. The molecule has 1 aliphatic heterocycles. The fourth-order valence-electron chi connectivity index (χ4n) is 5.77. The number of hydrogen-bond acceptors (Lipinski definition) is 6. The van der Waals surface area contributed by atoms with Crippen LogP contribution in [0.5, 0.6) is 5.75 Å². The van der Waals surface area contributed by atoms with Gasteiger partial charge in [-0.05, 0) is 24.3 Å². The Labute approximate surface area is 258 Å². The number of nitrogens with two attached hydrogens (primary N) is 1. The van der Waals surface area contributed by atoms with Crippen molar-refractivity contribution in [1.29, 1.82) is 0 Å². The van der Waals surface area contributed by atoms with Gasteiger partial charge in [0.2, 0.25) is 11.8 Å². The second kappa shape index (κ2) is 16.9. The quantitative estimate of drug-likeness (QED) is 0.278. The minimum absolute atomic E-state index is 0. The van der Waals surface area contributed by atoms with Gasteiger partial charge < -0.3 is 45.3 Å². The number of rotatable bonds is 10. The Morgan fingerprint density at radius 2 is 1.92 bits per heavy atom. The number of para-hydroxylation sites is 1. The maximum absolute atomic E-state index is 13.5. The molecule has 0 bridgehead atoms. The molecule has 2 heterocycles. The van der Waals surface area contributed by atoms with Crippen molar-refractivity contribution in [3.8, 4) is 5.75 Å². The first-order valence-electron chi connectivity index (χ1n) is 12.9. The number of ether oxygens (including phenoxy) is 1. The van der Waals surface area contributed by atoms with Crippen LogP contribution in [0.15, 0.2) is 36.8 Å². The molecule has 1 aromatic carbocycles. The van der Waals surface area contributed by atoms with Gasteiger partial charge in [-0.2, -0.15) is 0 Å². The molecule has 4 N–H and O–H groups in total. The average molecular weight is 615 g/mol. The van der Waals surface area contributed by atoms with Crippen molar-refractivity contribution in [2.45, 2.75) is 69.5 Å². The van der Waals surface area contributed by atoms with Crippen LogP contribution in [0.25, 0.3) is 0 Å². The van der Waals surface area contributed by atoms with E-state index in [0.29, 0.717) is 31.1 Å². The molecule has 3 unspecified atom stereocenters. The zero-order valence-electron chi connectivity index (χ0n) is 23.5. The summed E-state index contributed by atoms with van der Waals surface area (Å²) in [6, 6.07) is 5.56. The van der Waals surface area contributed by atoms with E-state index in [0.717, 1.165) is 30.4 Å². The first-order valence-corrected chi connectivity index (χ1v) is 12.9. The molecule has 1 aromatic heterocycles. The number of H-pyrrole nitrogens is 1. The molecule has 2 aromatic rings. The van der Waals surface area contributed by atoms with Crippen LogP contribution in [0, 0.1) is 26.7 Å². The largest absolute Gasteiger partial charge is 0.496 e. The fourth-order valence-corrected chi connectivity index (χ4v) is 5.77. The molecule has 9 nitrogen and oxygen atoms in total. The third kappa shape index (κ3) is 8.95. The van der Waals surface area contributed by atoms with Crippen molar-refractivity contribution in [3.63, 3.8) is 0 Å². The summed E-state index contributed by atoms with van der Waals surface area (Å²) in [5.74, 6) is 0.991. The molecule has 4 rings (SSSR count). The summed E-state index contributed by atoms with van der Waals surface area (Å²) >= 11 is 0. The van der Waals surface area contributed by atoms with Crippen LogP contribution < -0.4 is 15.8 Å². The van der Waals surface area contributed by atoms with Gasteiger partial charge in [0.25, 0.3) is 0 Å². The fraction of sp³-hybridized carbons (Fsp3) is 0.517. The summed E-state index contributed by atoms with van der Waals surface area (Å²) in [7, 11) is 1.58. The number of amides is 2. The maximum Gasteiger partial charge on any atom is 0.243 e. The number of benzene rings is 1. The predicted octanol–water partition coefficient (Wildman–Crippen LogP) is 3.43. The smallest absolute Gasteiger partial charge is 0.243 e. The molecule has 2 aliphatic rings. The minimum atomic E-state index is -0.695. The zero-order valence-corrected chi connectivity index (χ0v) is 26.3. The van der Waals surface area contributed by atoms with Crippen LogP contribution in [-0.4, -0.2) is 58.7 Å². The summed E-state index contributed by atoms with van der Waals surface area (Å²) in [6.45, 7) is 0.548. The van der Waals surface area contributed by atoms with E-state index in [9.17, 15) is 14.4 Å². The van der Waals surface area contributed by atoms with E-state index in [2.05, 4.69) is 15.3 Å². The molecule has 39 heavy (non-hydrogen) atoms. The van der Waals surface area contributed by atoms with Gasteiger partial charge in [0.15, 0.2) is 0 Å². The van der Waals surface area contributed by atoms with E-state index in [1.807, 2.05) is 24.3 Å². The van der Waals surface area contributed by atoms with Crippen LogP contribution in [0.1, 0.15) is 62.2 Å². The normalized spacial score (nSPS) is 20.4. The summed E-state index contributed by atoms with van der Waals surface area (Å²) in [6.07, 6.45) is 10.8. The Morgan fingerprint density at radius 3 is 2.56 bits per heavy atom. The van der Waals surface area contributed by atoms with Gasteiger partial charge in [0.1, 0.15) is 18.1 Å². The second-order valence-corrected chi connectivity index (χ2v) is 10.0. The molecule has 4 atom stereocenters. The van der Waals surface area contributed by atoms with Crippen LogP contribution in [0.4, 0.5) is 0 Å². The topological polar surface area (TPSA) is 130 Å². The maximum atomic E-state index is 13.5. The van der Waals surface area contributed by atoms with E-state index in [-0.39, 0.29) is 71.7 Å². The van der Waals surface area contributed by atoms with Crippen molar-refractivity contribution in [2.24, 2.45) is 17.6 Å². The molecule has 1 aliphatic carbocycles. The molecular formula is C29H43N5O4Y-2. The number of carbonyl (C=O) groups is 3. The Balaban J connectivity index is 0.00000253. The van der Waals surface area contributed by atoms with Gasteiger partial charge in [0.05, 0.1) is 19.5 Å². The van der Waals surface area contributed by atoms with Crippen molar-refractivity contribution in [2.75, 3.05) is 13.7 Å². The van der Waals surface area contributed by atoms with Crippen LogP contribution in [-0.2, 0) is 53.5 Å². The summed E-state index contributed by atoms with van der Waals surface area (Å²) in [5, 5.41) is 2.86. The average Bonchev–Trinajstić information content (AvgIpc) is 3.59. The molecule has 0 spiro atoms. The summed E-state index contributed by atoms with van der Waals surface area (Å²) < 4.78 is 5.42. The van der Waals surface area contributed by atoms with Crippen molar-refractivity contribution in [3.05, 3.63) is 62.9 Å². The standard InChI is InChI=1S/C27H37N5O4.2CH3.Y/c1-36-25-10-6-5-9-22(25)23(28)13-26(34)32-15-19(18-7-3-2-4-8-18)11-24(32)27(35)31-21(16-33)12-20-14-29-17-30-20;;;/h5-6,9-10,14,16-19,21,23-24H,2-4,7-8,11-13,15,28H2,1H3,(H,29,30)(H,31,35);2*1H3;/q;2*-1;/t19?,21?,23?,24-;;;/m0.../s1. The third-order valence-electron chi connectivity index (χ3n) is 7.69. The van der Waals surface area contributed by atoms with Crippen molar-refractivity contribution >= 4 is 18.1 Å². The Bertz CT molecular complexity index is 1030. The number of aromatic nitrogens is 2. The zero-order chi connectivity index (χ0) is 25.5. The molecule has 1 saturated heterocycles. The number of aromatic amines is 1. The van der Waals surface area contributed by atoms with E-state index in [4.69, 9.17) is 10.5 Å². The van der Waals surface area contributed by atoms with Crippen molar-refractivity contribution < 1.29 is 51.8 Å². The van der Waals surface area contributed by atoms with Crippen LogP contribution >= 0.6 is 0 Å². The third-order valence-corrected chi connectivity index (χ3v) is 7.69. The Morgan fingerprint density at radius 1 is 1.21 bits per heavy atom. The molecule has 10 heteroatoms. The first kappa shape index (κ1) is 34.9. The van der Waals surface area contributed by atoms with Gasteiger partial charge in [-0.1, -0.05) is 50.3 Å². The number of nitrogens with one attached hydrogen (secondary N) is 2. The van der Waals surface area contributed by atoms with E-state index >= 15 is 0 Å². The number of aldehydes is 1. The summed E-state index contributed by atoms with van der Waals surface area (Å²) in [5.41, 5.74) is 7.95.